The summed E-state index contributed by atoms with van der Waals surface area (Å²) in [5, 5.41) is 0.786. The van der Waals surface area contributed by atoms with Crippen molar-refractivity contribution < 1.29 is 0 Å². The molecule has 0 saturated heterocycles. The first-order chi connectivity index (χ1) is 7.15. The molecule has 0 aliphatic heterocycles. The molecule has 80 valence electrons. The van der Waals surface area contributed by atoms with Crippen molar-refractivity contribution in [1.29, 1.82) is 0 Å². The van der Waals surface area contributed by atoms with Crippen molar-refractivity contribution in [2.75, 3.05) is 0 Å². The minimum atomic E-state index is 0.375. The smallest absolute Gasteiger partial charge is 0.0152 e. The van der Waals surface area contributed by atoms with Gasteiger partial charge in [-0.05, 0) is 30.6 Å². The molecule has 0 heterocycles. The van der Waals surface area contributed by atoms with Crippen molar-refractivity contribution in [3.8, 4) is 0 Å². The summed E-state index contributed by atoms with van der Waals surface area (Å²) >= 11 is 5.86. The number of allylic oxidation sites excluding steroid dienone is 3. The van der Waals surface area contributed by atoms with Gasteiger partial charge in [-0.1, -0.05) is 55.4 Å². The topological polar surface area (TPSA) is 0 Å². The Morgan fingerprint density at radius 2 is 2.00 bits per heavy atom. The summed E-state index contributed by atoms with van der Waals surface area (Å²) in [5.74, 6) is 0.375. The van der Waals surface area contributed by atoms with Gasteiger partial charge < -0.3 is 0 Å². The fraction of sp³-hybridized carbons (Fsp3) is 0.286. The Hall–Kier alpha value is -1.01. The lowest BCUT2D eigenvalue weighted by Gasteiger charge is -2.15. The van der Waals surface area contributed by atoms with Crippen molar-refractivity contribution in [1.82, 2.24) is 0 Å². The van der Waals surface area contributed by atoms with Crippen molar-refractivity contribution >= 4 is 11.6 Å². The highest BCUT2D eigenvalue weighted by Gasteiger charge is 2.10. The predicted molar refractivity (Wildman–Crippen MR) is 68.2 cm³/mol. The number of hydrogen-bond acceptors (Lipinski definition) is 0. The van der Waals surface area contributed by atoms with Gasteiger partial charge >= 0.3 is 0 Å². The van der Waals surface area contributed by atoms with E-state index in [1.165, 1.54) is 5.56 Å². The average Bonchev–Trinajstić information content (AvgIpc) is 2.19. The van der Waals surface area contributed by atoms with Crippen LogP contribution in [0.2, 0.25) is 0 Å². The first-order valence-electron chi connectivity index (χ1n) is 5.22. The Balaban J connectivity index is 2.90. The second-order valence-corrected chi connectivity index (χ2v) is 4.27. The Bertz CT molecular complexity index is 345. The van der Waals surface area contributed by atoms with Crippen molar-refractivity contribution in [3.05, 3.63) is 59.2 Å². The van der Waals surface area contributed by atoms with E-state index in [1.54, 1.807) is 0 Å². The van der Waals surface area contributed by atoms with E-state index < -0.39 is 0 Å². The van der Waals surface area contributed by atoms with E-state index in [1.807, 2.05) is 19.1 Å². The molecule has 1 aromatic rings. The van der Waals surface area contributed by atoms with Crippen LogP contribution in [0.1, 0.15) is 31.7 Å². The van der Waals surface area contributed by atoms with E-state index in [0.29, 0.717) is 5.92 Å². The number of rotatable bonds is 4. The standard InChI is InChI=1S/C14H17Cl/c1-4-14(11(2)10-12(3)15)13-8-6-5-7-9-13/h5-10,14H,2,4H2,1,3H3. The molecule has 0 fully saturated rings. The molecule has 0 aliphatic rings. The van der Waals surface area contributed by atoms with Gasteiger partial charge in [-0.2, -0.15) is 0 Å². The van der Waals surface area contributed by atoms with Crippen LogP contribution >= 0.6 is 11.6 Å². The fourth-order valence-electron chi connectivity index (χ4n) is 1.75. The van der Waals surface area contributed by atoms with Crippen LogP contribution in [0.5, 0.6) is 0 Å². The molecule has 0 N–H and O–H groups in total. The predicted octanol–water partition coefficient (Wildman–Crippen LogP) is 4.88. The lowest BCUT2D eigenvalue weighted by Crippen LogP contribution is -1.98. The monoisotopic (exact) mass is 220 g/mol. The third-order valence-electron chi connectivity index (χ3n) is 2.44. The molecule has 1 atom stereocenters. The van der Waals surface area contributed by atoms with Crippen LogP contribution in [0.4, 0.5) is 0 Å². The molecule has 15 heavy (non-hydrogen) atoms. The summed E-state index contributed by atoms with van der Waals surface area (Å²) in [6.07, 6.45) is 2.99. The summed E-state index contributed by atoms with van der Waals surface area (Å²) in [6.45, 7) is 8.13. The first kappa shape index (κ1) is 12.1. The summed E-state index contributed by atoms with van der Waals surface area (Å²) in [4.78, 5) is 0. The van der Waals surface area contributed by atoms with Crippen molar-refractivity contribution in [2.45, 2.75) is 26.2 Å². The van der Waals surface area contributed by atoms with Gasteiger partial charge in [0, 0.05) is 11.0 Å². The molecule has 0 aliphatic carbocycles. The zero-order chi connectivity index (χ0) is 11.3. The van der Waals surface area contributed by atoms with Crippen LogP contribution in [0.25, 0.3) is 0 Å². The summed E-state index contributed by atoms with van der Waals surface area (Å²) in [7, 11) is 0. The molecule has 0 aromatic heterocycles. The number of hydrogen-bond donors (Lipinski definition) is 0. The molecule has 1 unspecified atom stereocenters. The zero-order valence-corrected chi connectivity index (χ0v) is 10.1. The van der Waals surface area contributed by atoms with Gasteiger partial charge in [-0.25, -0.2) is 0 Å². The average molecular weight is 221 g/mol. The van der Waals surface area contributed by atoms with Gasteiger partial charge in [0.15, 0.2) is 0 Å². The van der Waals surface area contributed by atoms with Gasteiger partial charge in [0.2, 0.25) is 0 Å². The maximum Gasteiger partial charge on any atom is 0.0152 e. The van der Waals surface area contributed by atoms with Gasteiger partial charge in [-0.3, -0.25) is 0 Å². The van der Waals surface area contributed by atoms with E-state index in [0.717, 1.165) is 17.0 Å². The molecule has 0 radical (unpaired) electrons. The summed E-state index contributed by atoms with van der Waals surface area (Å²) < 4.78 is 0. The molecule has 0 amide bonds. The van der Waals surface area contributed by atoms with Gasteiger partial charge in [-0.15, -0.1) is 0 Å². The highest BCUT2D eigenvalue weighted by Crippen LogP contribution is 2.28. The summed E-state index contributed by atoms with van der Waals surface area (Å²) in [6, 6.07) is 10.4. The Kier molecular flexibility index (Phi) is 4.64. The molecule has 1 rings (SSSR count). The van der Waals surface area contributed by atoms with Crippen LogP contribution in [0, 0.1) is 0 Å². The van der Waals surface area contributed by atoms with Crippen LogP contribution < -0.4 is 0 Å². The quantitative estimate of drug-likeness (QED) is 0.635. The fourth-order valence-corrected chi connectivity index (χ4v) is 1.89. The van der Waals surface area contributed by atoms with E-state index in [-0.39, 0.29) is 0 Å². The molecule has 0 bridgehead atoms. The minimum absolute atomic E-state index is 0.375. The maximum atomic E-state index is 5.86. The second-order valence-electron chi connectivity index (χ2n) is 3.68. The van der Waals surface area contributed by atoms with Gasteiger partial charge in [0.1, 0.15) is 0 Å². The third-order valence-corrected chi connectivity index (χ3v) is 2.55. The second kappa shape index (κ2) is 5.77. The van der Waals surface area contributed by atoms with Crippen molar-refractivity contribution in [3.63, 3.8) is 0 Å². The molecular weight excluding hydrogens is 204 g/mol. The molecule has 0 nitrogen and oxygen atoms in total. The van der Waals surface area contributed by atoms with Crippen LogP contribution in [-0.2, 0) is 0 Å². The Labute approximate surface area is 97.3 Å². The minimum Gasteiger partial charge on any atom is -0.0952 e. The summed E-state index contributed by atoms with van der Waals surface area (Å²) in [5.41, 5.74) is 2.38. The molecule has 1 heteroatoms. The molecule has 1 aromatic carbocycles. The highest BCUT2D eigenvalue weighted by atomic mass is 35.5. The first-order valence-corrected chi connectivity index (χ1v) is 5.60. The van der Waals surface area contributed by atoms with Crippen LogP contribution in [0.3, 0.4) is 0 Å². The lowest BCUT2D eigenvalue weighted by atomic mass is 9.89. The number of benzene rings is 1. The van der Waals surface area contributed by atoms with Crippen LogP contribution in [-0.4, -0.2) is 0 Å². The SMILES string of the molecule is C=C(C=C(C)Cl)C(CC)c1ccccc1. The molecular formula is C14H17Cl. The normalized spacial score (nSPS) is 13.7. The Morgan fingerprint density at radius 1 is 1.40 bits per heavy atom. The Morgan fingerprint density at radius 3 is 2.47 bits per heavy atom. The number of halogens is 1. The van der Waals surface area contributed by atoms with E-state index in [4.69, 9.17) is 11.6 Å². The van der Waals surface area contributed by atoms with E-state index in [9.17, 15) is 0 Å². The van der Waals surface area contributed by atoms with Gasteiger partial charge in [0.25, 0.3) is 0 Å². The zero-order valence-electron chi connectivity index (χ0n) is 9.33. The van der Waals surface area contributed by atoms with E-state index >= 15 is 0 Å². The third kappa shape index (κ3) is 3.56. The van der Waals surface area contributed by atoms with Crippen LogP contribution in [0.15, 0.2) is 53.6 Å². The largest absolute Gasteiger partial charge is 0.0952 e. The highest BCUT2D eigenvalue weighted by molar-refractivity contribution is 6.29. The van der Waals surface area contributed by atoms with E-state index in [2.05, 4.69) is 37.8 Å². The van der Waals surface area contributed by atoms with Crippen molar-refractivity contribution in [2.24, 2.45) is 0 Å². The lowest BCUT2D eigenvalue weighted by molar-refractivity contribution is 0.778. The molecule has 0 spiro atoms. The molecule has 0 saturated carbocycles. The van der Waals surface area contributed by atoms with Gasteiger partial charge in [0.05, 0.1) is 0 Å². The maximum absolute atomic E-state index is 5.86.